The van der Waals surface area contributed by atoms with Gasteiger partial charge in [0.1, 0.15) is 5.84 Å². The zero-order valence-corrected chi connectivity index (χ0v) is 19.1. The van der Waals surface area contributed by atoms with Crippen molar-refractivity contribution in [3.8, 4) is 0 Å². The van der Waals surface area contributed by atoms with Crippen molar-refractivity contribution in [1.82, 2.24) is 15.5 Å². The molecular weight excluding hydrogens is 352 g/mol. The van der Waals surface area contributed by atoms with Crippen LogP contribution in [0.1, 0.15) is 34.1 Å². The lowest BCUT2D eigenvalue weighted by Crippen LogP contribution is -2.40. The van der Waals surface area contributed by atoms with E-state index in [4.69, 9.17) is 9.73 Å². The highest BCUT2D eigenvalue weighted by molar-refractivity contribution is 5.84. The third kappa shape index (κ3) is 9.28. The number of amidine groups is 1. The lowest BCUT2D eigenvalue weighted by Gasteiger charge is -2.35. The van der Waals surface area contributed by atoms with Crippen LogP contribution in [-0.2, 0) is 4.74 Å². The van der Waals surface area contributed by atoms with E-state index in [-0.39, 0.29) is 5.41 Å². The van der Waals surface area contributed by atoms with Crippen molar-refractivity contribution < 1.29 is 4.74 Å². The molecule has 0 unspecified atom stereocenters. The Hall–Kier alpha value is -1.99. The smallest absolute Gasteiger partial charge is 0.217 e. The van der Waals surface area contributed by atoms with Gasteiger partial charge in [-0.05, 0) is 34.0 Å². The highest BCUT2D eigenvalue weighted by Crippen LogP contribution is 2.28. The summed E-state index contributed by atoms with van der Waals surface area (Å²) in [5.41, 5.74) is 2.15. The first-order chi connectivity index (χ1) is 13.3. The standard InChI is InChI=1S/C21H40N6O/c1-10-11-19(14-22-5)26-18(3)27(8)15-21(4,16-28-9)17(2)12-13-25-20(23-6)24-7/h11-12,22H,6,10,13-16H2,1-5,7-9H3,(H,24,25)/b17-12?,19-11-,26-18?/t21-/m0/s1. The minimum absolute atomic E-state index is 0.148. The SMILES string of the molecule is C=NC(=NC)NCC=C(C)[C@](C)(COC)CN(C)C(C)=N/C(=C\CC)CNC. The topological polar surface area (TPSA) is 73.6 Å². The molecule has 0 aromatic heterocycles. The van der Waals surface area contributed by atoms with Gasteiger partial charge in [-0.2, -0.15) is 0 Å². The van der Waals surface area contributed by atoms with Crippen LogP contribution in [0.2, 0.25) is 0 Å². The van der Waals surface area contributed by atoms with Gasteiger partial charge in [-0.15, -0.1) is 0 Å². The molecule has 0 aliphatic rings. The van der Waals surface area contributed by atoms with Crippen molar-refractivity contribution in [3.63, 3.8) is 0 Å². The average molecular weight is 393 g/mol. The third-order valence-electron chi connectivity index (χ3n) is 4.69. The van der Waals surface area contributed by atoms with Gasteiger partial charge in [0.15, 0.2) is 0 Å². The molecule has 0 spiro atoms. The summed E-state index contributed by atoms with van der Waals surface area (Å²) in [6.45, 7) is 14.8. The van der Waals surface area contributed by atoms with Crippen LogP contribution >= 0.6 is 0 Å². The molecule has 0 amide bonds. The second-order valence-electron chi connectivity index (χ2n) is 7.12. The fourth-order valence-electron chi connectivity index (χ4n) is 2.86. The maximum Gasteiger partial charge on any atom is 0.217 e. The van der Waals surface area contributed by atoms with Crippen molar-refractivity contribution in [1.29, 1.82) is 0 Å². The molecule has 0 aromatic rings. The first kappa shape index (κ1) is 26.0. The Morgan fingerprint density at radius 1 is 1.29 bits per heavy atom. The molecule has 0 aliphatic heterocycles. The highest BCUT2D eigenvalue weighted by Gasteiger charge is 2.28. The Balaban J connectivity index is 5.32. The molecule has 0 aliphatic carbocycles. The molecule has 2 N–H and O–H groups in total. The Kier molecular flexibility index (Phi) is 13.1. The lowest BCUT2D eigenvalue weighted by atomic mass is 9.82. The number of rotatable bonds is 11. The largest absolute Gasteiger partial charge is 0.384 e. The van der Waals surface area contributed by atoms with Crippen molar-refractivity contribution >= 4 is 18.5 Å². The number of aliphatic imine (C=N–C) groups is 3. The second kappa shape index (κ2) is 14.1. The fraction of sp³-hybridized carbons (Fsp3) is 0.667. The van der Waals surface area contributed by atoms with E-state index in [1.165, 1.54) is 5.57 Å². The minimum atomic E-state index is -0.148. The number of hydrogen-bond donors (Lipinski definition) is 2. The number of hydrogen-bond acceptors (Lipinski definition) is 4. The normalized spacial score (nSPS) is 16.0. The maximum absolute atomic E-state index is 5.54. The van der Waals surface area contributed by atoms with E-state index in [1.807, 2.05) is 14.0 Å². The van der Waals surface area contributed by atoms with Crippen LogP contribution in [0.4, 0.5) is 0 Å². The van der Waals surface area contributed by atoms with Crippen molar-refractivity contribution in [2.24, 2.45) is 20.4 Å². The van der Waals surface area contributed by atoms with Gasteiger partial charge in [-0.3, -0.25) is 4.99 Å². The quantitative estimate of drug-likeness (QED) is 0.322. The molecule has 0 saturated heterocycles. The summed E-state index contributed by atoms with van der Waals surface area (Å²) < 4.78 is 5.54. The van der Waals surface area contributed by atoms with Crippen LogP contribution in [0.5, 0.6) is 0 Å². The van der Waals surface area contributed by atoms with Crippen LogP contribution in [0.25, 0.3) is 0 Å². The maximum atomic E-state index is 5.54. The van der Waals surface area contributed by atoms with E-state index < -0.39 is 0 Å². The van der Waals surface area contributed by atoms with Crippen molar-refractivity contribution in [3.05, 3.63) is 23.4 Å². The fourth-order valence-corrected chi connectivity index (χ4v) is 2.86. The predicted octanol–water partition coefficient (Wildman–Crippen LogP) is 2.72. The molecule has 1 atom stereocenters. The molecule has 7 nitrogen and oxygen atoms in total. The number of nitrogens with zero attached hydrogens (tertiary/aromatic N) is 4. The van der Waals surface area contributed by atoms with E-state index in [2.05, 4.69) is 72.2 Å². The van der Waals surface area contributed by atoms with Crippen LogP contribution in [0.3, 0.4) is 0 Å². The second-order valence-corrected chi connectivity index (χ2v) is 7.12. The Morgan fingerprint density at radius 3 is 2.46 bits per heavy atom. The van der Waals surface area contributed by atoms with Gasteiger partial charge in [0.25, 0.3) is 0 Å². The van der Waals surface area contributed by atoms with E-state index >= 15 is 0 Å². The number of allylic oxidation sites excluding steroid dienone is 1. The molecule has 28 heavy (non-hydrogen) atoms. The van der Waals surface area contributed by atoms with Crippen molar-refractivity contribution in [2.45, 2.75) is 34.1 Å². The Labute approximate surface area is 171 Å². The number of likely N-dealkylation sites (N-methyl/N-ethyl adjacent to an activating group) is 1. The molecule has 0 radical (unpaired) electrons. The molecule has 0 rings (SSSR count). The van der Waals surface area contributed by atoms with Gasteiger partial charge in [0.05, 0.1) is 12.3 Å². The molecule has 0 fully saturated rings. The number of guanidine groups is 1. The minimum Gasteiger partial charge on any atom is -0.384 e. The van der Waals surface area contributed by atoms with Gasteiger partial charge in [0, 0.05) is 46.3 Å². The summed E-state index contributed by atoms with van der Waals surface area (Å²) in [7, 11) is 7.44. The van der Waals surface area contributed by atoms with Crippen LogP contribution in [-0.4, -0.2) is 77.9 Å². The van der Waals surface area contributed by atoms with Gasteiger partial charge < -0.3 is 20.3 Å². The monoisotopic (exact) mass is 392 g/mol. The summed E-state index contributed by atoms with van der Waals surface area (Å²) in [5, 5.41) is 6.32. The molecule has 0 saturated carbocycles. The summed E-state index contributed by atoms with van der Waals surface area (Å²) in [6.07, 6.45) is 5.27. The molecule has 0 bridgehead atoms. The van der Waals surface area contributed by atoms with Gasteiger partial charge in [-0.25, -0.2) is 9.98 Å². The van der Waals surface area contributed by atoms with Crippen molar-refractivity contribution in [2.75, 3.05) is 54.5 Å². The third-order valence-corrected chi connectivity index (χ3v) is 4.69. The van der Waals surface area contributed by atoms with Crippen LogP contribution in [0.15, 0.2) is 38.4 Å². The molecule has 0 heterocycles. The predicted molar refractivity (Wildman–Crippen MR) is 123 cm³/mol. The van der Waals surface area contributed by atoms with E-state index in [1.54, 1.807) is 14.2 Å². The first-order valence-corrected chi connectivity index (χ1v) is 9.71. The Morgan fingerprint density at radius 2 is 1.96 bits per heavy atom. The number of ether oxygens (including phenoxy) is 1. The molecule has 160 valence electrons. The van der Waals surface area contributed by atoms with Gasteiger partial charge >= 0.3 is 0 Å². The summed E-state index contributed by atoms with van der Waals surface area (Å²) in [4.78, 5) is 14.8. The number of methoxy groups -OCH3 is 1. The first-order valence-electron chi connectivity index (χ1n) is 9.71. The van der Waals surface area contributed by atoms with Gasteiger partial charge in [0.2, 0.25) is 5.96 Å². The van der Waals surface area contributed by atoms with Crippen LogP contribution < -0.4 is 10.6 Å². The molecule has 0 aromatic carbocycles. The van der Waals surface area contributed by atoms with E-state index in [0.717, 1.165) is 31.0 Å². The van der Waals surface area contributed by atoms with Gasteiger partial charge in [-0.1, -0.05) is 31.6 Å². The molecule has 7 heteroatoms. The summed E-state index contributed by atoms with van der Waals surface area (Å²) in [6, 6.07) is 0. The van der Waals surface area contributed by atoms with Crippen LogP contribution in [0, 0.1) is 5.41 Å². The zero-order valence-electron chi connectivity index (χ0n) is 19.1. The number of nitrogens with one attached hydrogen (secondary N) is 2. The average Bonchev–Trinajstić information content (AvgIpc) is 2.65. The highest BCUT2D eigenvalue weighted by atomic mass is 16.5. The summed E-state index contributed by atoms with van der Waals surface area (Å²) >= 11 is 0. The summed E-state index contributed by atoms with van der Waals surface area (Å²) in [5.74, 6) is 1.52. The molecular formula is C21H40N6O. The lowest BCUT2D eigenvalue weighted by molar-refractivity contribution is 0.102. The zero-order chi connectivity index (χ0) is 21.6. The van der Waals surface area contributed by atoms with E-state index in [0.29, 0.717) is 19.1 Å². The van der Waals surface area contributed by atoms with E-state index in [9.17, 15) is 0 Å². The Bertz CT molecular complexity index is 594.